The third-order valence-corrected chi connectivity index (χ3v) is 18.0. The van der Waals surface area contributed by atoms with E-state index in [1.165, 1.54) is 0 Å². The Labute approximate surface area is 639 Å². The highest BCUT2D eigenvalue weighted by molar-refractivity contribution is 5.85. The number of hydrogen-bond donors (Lipinski definition) is 16. The number of halogens is 1. The lowest BCUT2D eigenvalue weighted by molar-refractivity contribution is -0.381. The van der Waals surface area contributed by atoms with Crippen LogP contribution in [0.3, 0.4) is 0 Å². The lowest BCUT2D eigenvalue weighted by Gasteiger charge is -2.49. The summed E-state index contributed by atoms with van der Waals surface area (Å²) in [4.78, 5) is 105. The monoisotopic (exact) mass is 1570 g/mol. The molecular formula is C73H101ClN8O28. The zero-order valence-corrected chi connectivity index (χ0v) is 61.1. The van der Waals surface area contributed by atoms with Crippen molar-refractivity contribution in [3.05, 3.63) is 144 Å². The maximum absolute atomic E-state index is 13.7. The number of carbonyl (C=O) groups is 8. The molecular weight excluding hydrogens is 1470 g/mol. The second kappa shape index (κ2) is 45.0. The molecule has 4 aliphatic rings. The van der Waals surface area contributed by atoms with Gasteiger partial charge in [0.1, 0.15) is 106 Å². The summed E-state index contributed by atoms with van der Waals surface area (Å²) in [5, 5.41) is 104. The molecule has 23 atom stereocenters. The van der Waals surface area contributed by atoms with Crippen LogP contribution in [0.4, 0.5) is 0 Å². The van der Waals surface area contributed by atoms with E-state index in [-0.39, 0.29) is 71.1 Å². The van der Waals surface area contributed by atoms with E-state index in [1.54, 1.807) is 121 Å². The van der Waals surface area contributed by atoms with Crippen LogP contribution < -0.4 is 44.2 Å². The van der Waals surface area contributed by atoms with Gasteiger partial charge in [-0.25, -0.2) is 0 Å². The average Bonchev–Trinajstić information content (AvgIpc) is 0.775. The van der Waals surface area contributed by atoms with Crippen molar-refractivity contribution in [3.8, 4) is 0 Å². The minimum atomic E-state index is -2.27. The molecule has 4 heterocycles. The van der Waals surface area contributed by atoms with Gasteiger partial charge in [0, 0.05) is 89.6 Å². The van der Waals surface area contributed by atoms with Crippen LogP contribution >= 0.6 is 12.4 Å². The van der Waals surface area contributed by atoms with Gasteiger partial charge in [0.15, 0.2) is 25.2 Å². The summed E-state index contributed by atoms with van der Waals surface area (Å²) in [6, 6.07) is 30.9. The Bertz CT molecular complexity index is 3510. The third kappa shape index (κ3) is 28.4. The topological polar surface area (TPSA) is 561 Å². The molecule has 36 nitrogen and oxygen atoms in total. The number of hydrogen-bond acceptors (Lipinski definition) is 32. The van der Waals surface area contributed by atoms with E-state index in [2.05, 4.69) is 21.3 Å². The largest absolute Gasteiger partial charge is 0.461 e. The second-order valence-electron chi connectivity index (χ2n) is 27.0. The maximum Gasteiger partial charge on any atom is 0.307 e. The predicted octanol–water partition coefficient (Wildman–Crippen LogP) is -3.74. The zero-order valence-electron chi connectivity index (χ0n) is 60.3. The molecule has 0 radical (unpaired) electrons. The van der Waals surface area contributed by atoms with Gasteiger partial charge < -0.3 is 142 Å². The summed E-state index contributed by atoms with van der Waals surface area (Å²) < 4.78 is 69.4. The Morgan fingerprint density at radius 2 is 0.618 bits per heavy atom. The van der Waals surface area contributed by atoms with Gasteiger partial charge in [-0.15, -0.1) is 12.4 Å². The maximum atomic E-state index is 13.7. The summed E-state index contributed by atoms with van der Waals surface area (Å²) in [5.74, 6) is -5.79. The van der Waals surface area contributed by atoms with Crippen molar-refractivity contribution in [1.29, 1.82) is 0 Å². The third-order valence-electron chi connectivity index (χ3n) is 18.0. The van der Waals surface area contributed by atoms with Crippen molar-refractivity contribution in [2.24, 2.45) is 22.9 Å². The molecule has 0 spiro atoms. The van der Waals surface area contributed by atoms with Crippen molar-refractivity contribution in [1.82, 2.24) is 21.3 Å². The van der Waals surface area contributed by atoms with Crippen LogP contribution in [-0.2, 0) is 122 Å². The van der Waals surface area contributed by atoms with Gasteiger partial charge in [-0.2, -0.15) is 0 Å². The number of rotatable bonds is 39. The smallest absolute Gasteiger partial charge is 0.307 e. The Kier molecular flexibility index (Phi) is 36.5. The Hall–Kier alpha value is -7.87. The zero-order chi connectivity index (χ0) is 78.7. The molecule has 4 saturated heterocycles. The van der Waals surface area contributed by atoms with Crippen molar-refractivity contribution in [3.63, 3.8) is 0 Å². The molecule has 8 rings (SSSR count). The molecule has 20 N–H and O–H groups in total. The van der Waals surface area contributed by atoms with Gasteiger partial charge >= 0.3 is 23.9 Å². The minimum Gasteiger partial charge on any atom is -0.461 e. The van der Waals surface area contributed by atoms with Crippen LogP contribution in [0.25, 0.3) is 0 Å². The van der Waals surface area contributed by atoms with Gasteiger partial charge in [-0.05, 0) is 22.3 Å². The van der Waals surface area contributed by atoms with Crippen molar-refractivity contribution in [2.45, 2.75) is 225 Å². The van der Waals surface area contributed by atoms with Gasteiger partial charge in [-0.1, -0.05) is 121 Å². The van der Waals surface area contributed by atoms with E-state index in [0.717, 1.165) is 12.7 Å². The first-order valence-electron chi connectivity index (χ1n) is 35.6. The number of amides is 4. The minimum absolute atomic E-state index is 0. The quantitative estimate of drug-likeness (QED) is 0.0151. The molecule has 0 aliphatic carbocycles. The first-order chi connectivity index (χ1) is 52.2. The summed E-state index contributed by atoms with van der Waals surface area (Å²) in [6.45, 7) is -2.44. The summed E-state index contributed by atoms with van der Waals surface area (Å²) in [7, 11) is 1.14. The molecule has 4 amide bonds. The summed E-state index contributed by atoms with van der Waals surface area (Å²) >= 11 is 0. The van der Waals surface area contributed by atoms with Crippen LogP contribution in [0.15, 0.2) is 121 Å². The van der Waals surface area contributed by atoms with Crippen LogP contribution in [0.5, 0.6) is 0 Å². The fourth-order valence-electron chi connectivity index (χ4n) is 12.2. The molecule has 0 saturated carbocycles. The summed E-state index contributed by atoms with van der Waals surface area (Å²) in [6.07, 6.45) is -39.3. The number of nitrogens with one attached hydrogen (secondary N) is 4. The number of benzene rings is 4. The number of methoxy groups -OCH3 is 1. The average molecular weight is 1570 g/mol. The van der Waals surface area contributed by atoms with Crippen molar-refractivity contribution < 1.29 is 136 Å². The molecule has 4 aromatic rings. The molecule has 4 aliphatic heterocycles. The number of carbonyl (C=O) groups excluding carboxylic acids is 8. The van der Waals surface area contributed by atoms with E-state index < -0.39 is 240 Å². The van der Waals surface area contributed by atoms with Gasteiger partial charge in [0.05, 0.1) is 37.9 Å². The Morgan fingerprint density at radius 1 is 0.364 bits per heavy atom. The SMILES string of the molecule is CO[C@@H]1O[C@@H](CNC(=O)C[C@@H](N)CC(=O)OCc2ccccc2)[C@H](O[C@@H]2O[C@@H](CNC(=O)C[C@@H](N)CC(=O)OCc3ccccc3)[C@H](O[C@@H]3O[C@@H](CNC(=O)C[C@@H](N)CC(=O)OCc4ccccc4)[C@H](O[C@@H]4O[C@@H](CNC(=O)C[C@@H](N)CC(=O)OCc5ccccc5)C[C@@H](O)[C@@H]4O)[C@@H](O)[C@@H]3O)[C@@H](O)[C@@H]2O)[C@@H](O)[C@@H]1O.Cl. The highest BCUT2D eigenvalue weighted by Crippen LogP contribution is 2.35. The molecule has 608 valence electrons. The van der Waals surface area contributed by atoms with E-state index in [9.17, 15) is 79.2 Å². The number of nitrogens with two attached hydrogens (primary N) is 4. The molecule has 110 heavy (non-hydrogen) atoms. The number of esters is 4. The normalized spacial score (nSPS) is 28.4. The van der Waals surface area contributed by atoms with E-state index >= 15 is 0 Å². The first kappa shape index (κ1) is 89.3. The molecule has 0 bridgehead atoms. The van der Waals surface area contributed by atoms with Crippen LogP contribution in [0, 0.1) is 0 Å². The standard InChI is InChI=1S/C73H100N8O28.ClH/c1-98-70-64(95)61(92)67(49(104-70)32-79-53(84)23-44(75)27-57(88)100-36-40-16-8-3-9-17-40)108-72-66(97)63(94)69(51(106-72)34-81-55(86)25-46(77)29-59(90)102-38-42-20-12-5-13-21-42)109-73-65(96)62(93)68(50(105-73)33-80-54(85)24-45(76)28-58(89)101-37-41-18-10-4-11-19-41)107-71-60(91)48(82)30-47(103-71)31-78-52(83)22-43(74)26-56(87)99-35-39-14-6-2-7-15-39;/h2-21,43-51,60-73,82,91-97H,22-38,74-77H2,1H3,(H,78,83)(H,79,84)(H,80,85)(H,81,86);1H/t43-,44-,45-,46-,47-,48-,49+,50+,51+,60+,61+,62+,63+,64+,65+,66+,67+,68+,69+,70-,71+,72+,73+;/m1./s1. The van der Waals surface area contributed by atoms with Gasteiger partial charge in [-0.3, -0.25) is 38.4 Å². The van der Waals surface area contributed by atoms with E-state index in [4.69, 9.17) is 79.8 Å². The predicted molar refractivity (Wildman–Crippen MR) is 382 cm³/mol. The fraction of sp³-hybridized carbons (Fsp3) is 0.562. The summed E-state index contributed by atoms with van der Waals surface area (Å²) in [5.41, 5.74) is 27.6. The van der Waals surface area contributed by atoms with Crippen LogP contribution in [0.2, 0.25) is 0 Å². The fourth-order valence-corrected chi connectivity index (χ4v) is 12.2. The second-order valence-corrected chi connectivity index (χ2v) is 27.0. The molecule has 4 aromatic carbocycles. The highest BCUT2D eigenvalue weighted by Gasteiger charge is 2.55. The highest BCUT2D eigenvalue weighted by atomic mass is 35.5. The van der Waals surface area contributed by atoms with Gasteiger partial charge in [0.25, 0.3) is 0 Å². The first-order valence-corrected chi connectivity index (χ1v) is 35.6. The molecule has 0 unspecified atom stereocenters. The Morgan fingerprint density at radius 3 is 0.900 bits per heavy atom. The van der Waals surface area contributed by atoms with Crippen LogP contribution in [0.1, 0.15) is 80.0 Å². The lowest BCUT2D eigenvalue weighted by atomic mass is 9.95. The van der Waals surface area contributed by atoms with Crippen molar-refractivity contribution in [2.75, 3.05) is 33.3 Å². The molecule has 4 fully saturated rings. The molecule has 37 heteroatoms. The number of aliphatic hydroxyl groups excluding tert-OH is 8. The van der Waals surface area contributed by atoms with E-state index in [0.29, 0.717) is 16.7 Å². The van der Waals surface area contributed by atoms with Crippen molar-refractivity contribution >= 4 is 59.9 Å². The van der Waals surface area contributed by atoms with E-state index in [1.807, 2.05) is 0 Å². The lowest BCUT2D eigenvalue weighted by Crippen LogP contribution is -2.68. The van der Waals surface area contributed by atoms with Gasteiger partial charge in [0.2, 0.25) is 23.6 Å². The molecule has 0 aromatic heterocycles. The Balaban J connectivity index is 0.0000168. The number of aliphatic hydroxyl groups is 8. The van der Waals surface area contributed by atoms with Crippen LogP contribution in [-0.4, -0.2) is 263 Å². The number of ether oxygens (including phenoxy) is 12.